The molecule has 1 fully saturated rings. The topological polar surface area (TPSA) is 55.6 Å². The zero-order valence-corrected chi connectivity index (χ0v) is 9.95. The molecule has 15 heavy (non-hydrogen) atoms. The highest BCUT2D eigenvalue weighted by molar-refractivity contribution is 5.82. The molecule has 0 aromatic rings. The van der Waals surface area contributed by atoms with Crippen molar-refractivity contribution in [2.75, 3.05) is 26.8 Å². The van der Waals surface area contributed by atoms with Crippen molar-refractivity contribution in [1.82, 2.24) is 4.90 Å². The van der Waals surface area contributed by atoms with E-state index >= 15 is 0 Å². The Morgan fingerprint density at radius 1 is 1.67 bits per heavy atom. The smallest absolute Gasteiger partial charge is 0.229 e. The van der Waals surface area contributed by atoms with Crippen LogP contribution >= 0.6 is 0 Å². The Hall–Kier alpha value is -0.610. The van der Waals surface area contributed by atoms with Crippen LogP contribution in [0, 0.1) is 5.41 Å². The Morgan fingerprint density at radius 2 is 2.33 bits per heavy atom. The molecular weight excluding hydrogens is 192 g/mol. The van der Waals surface area contributed by atoms with Gasteiger partial charge in [-0.05, 0) is 19.8 Å². The lowest BCUT2D eigenvalue weighted by Gasteiger charge is -2.33. The third-order valence-corrected chi connectivity index (χ3v) is 3.52. The van der Waals surface area contributed by atoms with Gasteiger partial charge in [0.2, 0.25) is 5.91 Å². The SMILES string of the molecule is CCC(C)(CN)C(=O)N(C)C1CCOC1. The molecule has 2 N–H and O–H groups in total. The number of rotatable bonds is 4. The summed E-state index contributed by atoms with van der Waals surface area (Å²) >= 11 is 0. The molecule has 0 aromatic heterocycles. The fourth-order valence-electron chi connectivity index (χ4n) is 1.80. The van der Waals surface area contributed by atoms with E-state index in [2.05, 4.69) is 0 Å². The van der Waals surface area contributed by atoms with Gasteiger partial charge in [-0.1, -0.05) is 6.92 Å². The average Bonchev–Trinajstić information content (AvgIpc) is 2.79. The van der Waals surface area contributed by atoms with Crippen molar-refractivity contribution in [1.29, 1.82) is 0 Å². The zero-order chi connectivity index (χ0) is 11.5. The second-order valence-electron chi connectivity index (χ2n) is 4.55. The van der Waals surface area contributed by atoms with E-state index in [4.69, 9.17) is 10.5 Å². The number of hydrogen-bond acceptors (Lipinski definition) is 3. The van der Waals surface area contributed by atoms with Crippen molar-refractivity contribution in [2.24, 2.45) is 11.1 Å². The monoisotopic (exact) mass is 214 g/mol. The van der Waals surface area contributed by atoms with Gasteiger partial charge in [0, 0.05) is 20.2 Å². The molecule has 1 saturated heterocycles. The fraction of sp³-hybridized carbons (Fsp3) is 0.909. The fourth-order valence-corrected chi connectivity index (χ4v) is 1.80. The Bertz CT molecular complexity index is 221. The molecule has 0 radical (unpaired) electrons. The molecule has 1 rings (SSSR count). The van der Waals surface area contributed by atoms with Gasteiger partial charge in [-0.2, -0.15) is 0 Å². The molecule has 1 aliphatic rings. The van der Waals surface area contributed by atoms with Crippen LogP contribution in [0.1, 0.15) is 26.7 Å². The van der Waals surface area contributed by atoms with Gasteiger partial charge in [0.25, 0.3) is 0 Å². The van der Waals surface area contributed by atoms with Gasteiger partial charge < -0.3 is 15.4 Å². The van der Waals surface area contributed by atoms with Gasteiger partial charge in [0.1, 0.15) is 0 Å². The van der Waals surface area contributed by atoms with Crippen molar-refractivity contribution >= 4 is 5.91 Å². The van der Waals surface area contributed by atoms with Crippen molar-refractivity contribution in [3.8, 4) is 0 Å². The Balaban J connectivity index is 2.65. The average molecular weight is 214 g/mol. The van der Waals surface area contributed by atoms with Crippen LogP contribution in [0.25, 0.3) is 0 Å². The predicted octanol–water partition coefficient (Wildman–Crippen LogP) is 0.609. The first-order valence-corrected chi connectivity index (χ1v) is 5.60. The van der Waals surface area contributed by atoms with E-state index in [9.17, 15) is 4.79 Å². The van der Waals surface area contributed by atoms with Crippen molar-refractivity contribution in [3.05, 3.63) is 0 Å². The minimum atomic E-state index is -0.419. The second-order valence-corrected chi connectivity index (χ2v) is 4.55. The van der Waals surface area contributed by atoms with E-state index in [0.29, 0.717) is 13.2 Å². The molecule has 0 aliphatic carbocycles. The lowest BCUT2D eigenvalue weighted by molar-refractivity contribution is -0.141. The molecule has 0 aromatic carbocycles. The summed E-state index contributed by atoms with van der Waals surface area (Å²) in [6, 6.07) is 0.231. The Morgan fingerprint density at radius 3 is 2.73 bits per heavy atom. The minimum absolute atomic E-state index is 0.142. The summed E-state index contributed by atoms with van der Waals surface area (Å²) in [7, 11) is 1.85. The number of carbonyl (C=O) groups is 1. The Labute approximate surface area is 91.8 Å². The van der Waals surface area contributed by atoms with Gasteiger partial charge in [-0.3, -0.25) is 4.79 Å². The second kappa shape index (κ2) is 4.94. The third kappa shape index (κ3) is 2.49. The molecular formula is C11H22N2O2. The summed E-state index contributed by atoms with van der Waals surface area (Å²) in [5.41, 5.74) is 5.26. The van der Waals surface area contributed by atoms with Gasteiger partial charge in [-0.25, -0.2) is 0 Å². The lowest BCUT2D eigenvalue weighted by Crippen LogP contribution is -2.48. The summed E-state index contributed by atoms with van der Waals surface area (Å²) in [6.07, 6.45) is 1.72. The summed E-state index contributed by atoms with van der Waals surface area (Å²) in [6.45, 7) is 5.76. The number of nitrogens with zero attached hydrogens (tertiary/aromatic N) is 1. The number of amides is 1. The maximum atomic E-state index is 12.2. The first kappa shape index (κ1) is 12.5. The highest BCUT2D eigenvalue weighted by Gasteiger charge is 2.35. The minimum Gasteiger partial charge on any atom is -0.379 e. The highest BCUT2D eigenvalue weighted by atomic mass is 16.5. The standard InChI is InChI=1S/C11H22N2O2/c1-4-11(2,8-12)10(14)13(3)9-5-6-15-7-9/h9H,4-8,12H2,1-3H3. The van der Waals surface area contributed by atoms with Crippen molar-refractivity contribution < 1.29 is 9.53 Å². The van der Waals surface area contributed by atoms with E-state index in [-0.39, 0.29) is 11.9 Å². The molecule has 0 saturated carbocycles. The molecule has 4 nitrogen and oxygen atoms in total. The van der Waals surface area contributed by atoms with Crippen LogP contribution in [0.15, 0.2) is 0 Å². The van der Waals surface area contributed by atoms with E-state index in [1.165, 1.54) is 0 Å². The molecule has 1 heterocycles. The quantitative estimate of drug-likeness (QED) is 0.746. The molecule has 0 bridgehead atoms. The van der Waals surface area contributed by atoms with Crippen molar-refractivity contribution in [2.45, 2.75) is 32.7 Å². The van der Waals surface area contributed by atoms with Crippen LogP contribution < -0.4 is 5.73 Å². The van der Waals surface area contributed by atoms with Crippen LogP contribution in [0.4, 0.5) is 0 Å². The number of likely N-dealkylation sites (N-methyl/N-ethyl adjacent to an activating group) is 1. The molecule has 88 valence electrons. The zero-order valence-electron chi connectivity index (χ0n) is 9.95. The van der Waals surface area contributed by atoms with E-state index in [1.54, 1.807) is 0 Å². The lowest BCUT2D eigenvalue weighted by atomic mass is 9.85. The third-order valence-electron chi connectivity index (χ3n) is 3.52. The van der Waals surface area contributed by atoms with Crippen LogP contribution in [0.5, 0.6) is 0 Å². The maximum absolute atomic E-state index is 12.2. The van der Waals surface area contributed by atoms with Crippen LogP contribution in [-0.4, -0.2) is 43.7 Å². The van der Waals surface area contributed by atoms with E-state index in [1.807, 2.05) is 25.8 Å². The summed E-state index contributed by atoms with van der Waals surface area (Å²) < 4.78 is 5.28. The van der Waals surface area contributed by atoms with E-state index < -0.39 is 5.41 Å². The van der Waals surface area contributed by atoms with Gasteiger partial charge in [0.15, 0.2) is 0 Å². The summed E-state index contributed by atoms with van der Waals surface area (Å²) in [5.74, 6) is 0.142. The number of nitrogens with two attached hydrogens (primary N) is 1. The largest absolute Gasteiger partial charge is 0.379 e. The number of carbonyl (C=O) groups excluding carboxylic acids is 1. The number of ether oxygens (including phenoxy) is 1. The molecule has 1 amide bonds. The van der Waals surface area contributed by atoms with Gasteiger partial charge >= 0.3 is 0 Å². The van der Waals surface area contributed by atoms with Crippen LogP contribution in [-0.2, 0) is 9.53 Å². The molecule has 4 heteroatoms. The van der Waals surface area contributed by atoms with Gasteiger partial charge in [-0.15, -0.1) is 0 Å². The number of hydrogen-bond donors (Lipinski definition) is 1. The maximum Gasteiger partial charge on any atom is 0.229 e. The summed E-state index contributed by atoms with van der Waals surface area (Å²) in [5, 5.41) is 0. The first-order chi connectivity index (χ1) is 7.05. The predicted molar refractivity (Wildman–Crippen MR) is 59.4 cm³/mol. The summed E-state index contributed by atoms with van der Waals surface area (Å²) in [4.78, 5) is 14.0. The molecule has 1 aliphatic heterocycles. The van der Waals surface area contributed by atoms with E-state index in [0.717, 1.165) is 19.4 Å². The molecule has 2 atom stereocenters. The normalized spacial score (nSPS) is 24.9. The van der Waals surface area contributed by atoms with Crippen LogP contribution in [0.2, 0.25) is 0 Å². The van der Waals surface area contributed by atoms with Crippen LogP contribution in [0.3, 0.4) is 0 Å². The molecule has 2 unspecified atom stereocenters. The highest BCUT2D eigenvalue weighted by Crippen LogP contribution is 2.24. The van der Waals surface area contributed by atoms with Gasteiger partial charge in [0.05, 0.1) is 18.1 Å². The molecule has 0 spiro atoms. The Kier molecular flexibility index (Phi) is 4.11. The first-order valence-electron chi connectivity index (χ1n) is 5.60. The van der Waals surface area contributed by atoms with Crippen molar-refractivity contribution in [3.63, 3.8) is 0 Å².